The van der Waals surface area contributed by atoms with Crippen molar-refractivity contribution in [2.24, 2.45) is 11.5 Å². The molecule has 6 heteroatoms. The van der Waals surface area contributed by atoms with Gasteiger partial charge in [-0.15, -0.1) is 12.3 Å². The Morgan fingerprint density at radius 2 is 2.21 bits per heavy atom. The first-order chi connectivity index (χ1) is 8.99. The number of primary amides is 1. The topological polar surface area (TPSA) is 107 Å². The number of amides is 2. The Morgan fingerprint density at radius 1 is 1.53 bits per heavy atom. The predicted molar refractivity (Wildman–Crippen MR) is 71.6 cm³/mol. The first-order valence-corrected chi connectivity index (χ1v) is 5.47. The zero-order valence-corrected chi connectivity index (χ0v) is 10.5. The molecule has 0 heterocycles. The Morgan fingerprint density at radius 3 is 2.74 bits per heavy atom. The van der Waals surface area contributed by atoms with E-state index in [-0.39, 0.29) is 12.0 Å². The van der Waals surface area contributed by atoms with Crippen LogP contribution in [0, 0.1) is 12.3 Å². The molecule has 0 aliphatic carbocycles. The van der Waals surface area contributed by atoms with Crippen LogP contribution in [0.4, 0.5) is 5.69 Å². The van der Waals surface area contributed by atoms with E-state index in [0.29, 0.717) is 11.4 Å². The van der Waals surface area contributed by atoms with E-state index in [1.807, 2.05) is 0 Å². The van der Waals surface area contributed by atoms with Gasteiger partial charge in [0.25, 0.3) is 0 Å². The minimum atomic E-state index is -0.827. The van der Waals surface area contributed by atoms with Gasteiger partial charge >= 0.3 is 0 Å². The summed E-state index contributed by atoms with van der Waals surface area (Å²) < 4.78 is 5.07. The molecule has 0 spiro atoms. The highest BCUT2D eigenvalue weighted by Crippen LogP contribution is 2.25. The van der Waals surface area contributed by atoms with Crippen molar-refractivity contribution < 1.29 is 14.3 Å². The first kappa shape index (κ1) is 14.5. The molecule has 100 valence electrons. The number of terminal acetylenes is 1. The Bertz CT molecular complexity index is 534. The molecular formula is C13H15N3O3. The van der Waals surface area contributed by atoms with Gasteiger partial charge in [0.1, 0.15) is 5.75 Å². The lowest BCUT2D eigenvalue weighted by atomic mass is 10.1. The smallest absolute Gasteiger partial charge is 0.248 e. The molecule has 6 nitrogen and oxygen atoms in total. The number of carbonyl (C=O) groups excluding carboxylic acids is 2. The molecule has 0 aliphatic heterocycles. The van der Waals surface area contributed by atoms with Crippen LogP contribution < -0.4 is 21.5 Å². The first-order valence-electron chi connectivity index (χ1n) is 5.47. The van der Waals surface area contributed by atoms with Crippen LogP contribution in [-0.4, -0.2) is 25.0 Å². The summed E-state index contributed by atoms with van der Waals surface area (Å²) in [6, 6.07) is 3.62. The lowest BCUT2D eigenvalue weighted by Gasteiger charge is -2.13. The minimum Gasteiger partial charge on any atom is -0.495 e. The minimum absolute atomic E-state index is 0.115. The second-order valence-corrected chi connectivity index (χ2v) is 3.78. The normalized spacial score (nSPS) is 11.2. The molecule has 1 rings (SSSR count). The maximum atomic E-state index is 11.7. The van der Waals surface area contributed by atoms with Crippen LogP contribution in [0.5, 0.6) is 5.75 Å². The van der Waals surface area contributed by atoms with E-state index in [9.17, 15) is 9.59 Å². The van der Waals surface area contributed by atoms with Crippen molar-refractivity contribution in [1.82, 2.24) is 0 Å². The quantitative estimate of drug-likeness (QED) is 0.652. The van der Waals surface area contributed by atoms with Gasteiger partial charge in [-0.1, -0.05) is 0 Å². The fraction of sp³-hybridized carbons (Fsp3) is 0.231. The molecule has 2 amide bonds. The van der Waals surface area contributed by atoms with Crippen molar-refractivity contribution >= 4 is 17.5 Å². The van der Waals surface area contributed by atoms with Crippen LogP contribution in [0.3, 0.4) is 0 Å². The molecular weight excluding hydrogens is 246 g/mol. The van der Waals surface area contributed by atoms with E-state index in [2.05, 4.69) is 11.2 Å². The van der Waals surface area contributed by atoms with E-state index in [0.717, 1.165) is 0 Å². The average molecular weight is 261 g/mol. The van der Waals surface area contributed by atoms with E-state index in [1.165, 1.54) is 25.3 Å². The van der Waals surface area contributed by atoms with Crippen LogP contribution in [-0.2, 0) is 4.79 Å². The summed E-state index contributed by atoms with van der Waals surface area (Å²) in [5.74, 6) is 1.63. The highest BCUT2D eigenvalue weighted by Gasteiger charge is 2.15. The molecule has 0 aliphatic rings. The van der Waals surface area contributed by atoms with Gasteiger partial charge in [0.05, 0.1) is 18.8 Å². The monoisotopic (exact) mass is 261 g/mol. The van der Waals surface area contributed by atoms with Crippen molar-refractivity contribution in [1.29, 1.82) is 0 Å². The average Bonchev–Trinajstić information content (AvgIpc) is 2.38. The second-order valence-electron chi connectivity index (χ2n) is 3.78. The van der Waals surface area contributed by atoms with Gasteiger partial charge in [-0.3, -0.25) is 9.59 Å². The maximum absolute atomic E-state index is 11.7. The van der Waals surface area contributed by atoms with Gasteiger partial charge in [-0.25, -0.2) is 0 Å². The van der Waals surface area contributed by atoms with Crippen molar-refractivity contribution in [3.05, 3.63) is 23.8 Å². The Kier molecular flexibility index (Phi) is 4.92. The molecule has 19 heavy (non-hydrogen) atoms. The predicted octanol–water partition coefficient (Wildman–Crippen LogP) is 0.0832. The lowest BCUT2D eigenvalue weighted by molar-refractivity contribution is -0.117. The lowest BCUT2D eigenvalue weighted by Crippen LogP contribution is -2.35. The molecule has 1 aromatic rings. The summed E-state index contributed by atoms with van der Waals surface area (Å²) in [6.07, 6.45) is 5.20. The largest absolute Gasteiger partial charge is 0.495 e. The number of benzene rings is 1. The van der Waals surface area contributed by atoms with Gasteiger partial charge in [-0.05, 0) is 18.2 Å². The molecule has 0 aromatic heterocycles. The highest BCUT2D eigenvalue weighted by molar-refractivity contribution is 5.99. The standard InChI is InChI=1S/C13H15N3O3/c1-3-4-9(14)13(18)16-10-7-8(12(15)17)5-6-11(10)19-2/h1,5-7,9H,4,14H2,2H3,(H2,15,17)(H,16,18). The van der Waals surface area contributed by atoms with Gasteiger partial charge < -0.3 is 21.5 Å². The molecule has 5 N–H and O–H groups in total. The molecule has 0 fully saturated rings. The maximum Gasteiger partial charge on any atom is 0.248 e. The number of hydrogen-bond donors (Lipinski definition) is 3. The van der Waals surface area contributed by atoms with Crippen molar-refractivity contribution in [3.8, 4) is 18.1 Å². The highest BCUT2D eigenvalue weighted by atomic mass is 16.5. The summed E-state index contributed by atoms with van der Waals surface area (Å²) in [4.78, 5) is 22.8. The Labute approximate surface area is 111 Å². The number of methoxy groups -OCH3 is 1. The number of anilines is 1. The number of hydrogen-bond acceptors (Lipinski definition) is 4. The van der Waals surface area contributed by atoms with Gasteiger partial charge in [0.15, 0.2) is 0 Å². The van der Waals surface area contributed by atoms with Gasteiger partial charge in [-0.2, -0.15) is 0 Å². The van der Waals surface area contributed by atoms with Crippen LogP contribution in [0.2, 0.25) is 0 Å². The molecule has 1 aromatic carbocycles. The number of nitrogens with one attached hydrogen (secondary N) is 1. The molecule has 0 bridgehead atoms. The molecule has 0 saturated carbocycles. The van der Waals surface area contributed by atoms with Crippen LogP contribution in [0.15, 0.2) is 18.2 Å². The van der Waals surface area contributed by atoms with Crippen molar-refractivity contribution in [2.75, 3.05) is 12.4 Å². The number of nitrogens with two attached hydrogens (primary N) is 2. The van der Waals surface area contributed by atoms with Gasteiger partial charge in [0.2, 0.25) is 11.8 Å². The summed E-state index contributed by atoms with van der Waals surface area (Å²) in [7, 11) is 1.44. The zero-order chi connectivity index (χ0) is 14.4. The fourth-order valence-corrected chi connectivity index (χ4v) is 1.40. The van der Waals surface area contributed by atoms with Crippen molar-refractivity contribution in [2.45, 2.75) is 12.5 Å². The summed E-state index contributed by atoms with van der Waals surface area (Å²) in [6.45, 7) is 0. The molecule has 1 unspecified atom stereocenters. The van der Waals surface area contributed by atoms with Crippen LogP contribution >= 0.6 is 0 Å². The van der Waals surface area contributed by atoms with E-state index >= 15 is 0 Å². The van der Waals surface area contributed by atoms with Crippen LogP contribution in [0.25, 0.3) is 0 Å². The number of carbonyl (C=O) groups is 2. The third kappa shape index (κ3) is 3.72. The fourth-order valence-electron chi connectivity index (χ4n) is 1.40. The molecule has 1 atom stereocenters. The van der Waals surface area contributed by atoms with E-state index < -0.39 is 17.9 Å². The zero-order valence-electron chi connectivity index (χ0n) is 10.5. The third-order valence-electron chi connectivity index (χ3n) is 2.42. The Balaban J connectivity index is 2.98. The van der Waals surface area contributed by atoms with E-state index in [1.54, 1.807) is 0 Å². The van der Waals surface area contributed by atoms with E-state index in [4.69, 9.17) is 22.6 Å². The number of rotatable bonds is 5. The summed E-state index contributed by atoms with van der Waals surface area (Å²) in [5, 5.41) is 2.55. The van der Waals surface area contributed by atoms with Gasteiger partial charge in [0, 0.05) is 12.0 Å². The summed E-state index contributed by atoms with van der Waals surface area (Å²) in [5.41, 5.74) is 11.3. The molecule has 0 saturated heterocycles. The number of ether oxygens (including phenoxy) is 1. The third-order valence-corrected chi connectivity index (χ3v) is 2.42. The van der Waals surface area contributed by atoms with Crippen LogP contribution in [0.1, 0.15) is 16.8 Å². The van der Waals surface area contributed by atoms with Crippen molar-refractivity contribution in [3.63, 3.8) is 0 Å². The molecule has 0 radical (unpaired) electrons. The second kappa shape index (κ2) is 6.42. The summed E-state index contributed by atoms with van der Waals surface area (Å²) >= 11 is 0. The Hall–Kier alpha value is -2.52. The SMILES string of the molecule is C#CCC(N)C(=O)Nc1cc(C(N)=O)ccc1OC.